The molecule has 0 saturated carbocycles. The molecule has 0 spiro atoms. The van der Waals surface area contributed by atoms with Crippen LogP contribution in [0.15, 0.2) is 53.1 Å². The number of alkyl halides is 3. The highest BCUT2D eigenvalue weighted by Crippen LogP contribution is 2.36. The topological polar surface area (TPSA) is 35.8 Å². The van der Waals surface area contributed by atoms with Gasteiger partial charge < -0.3 is 9.42 Å². The van der Waals surface area contributed by atoms with E-state index in [1.807, 2.05) is 0 Å². The summed E-state index contributed by atoms with van der Waals surface area (Å²) in [4.78, 5) is 7.15. The Labute approximate surface area is 205 Å². The van der Waals surface area contributed by atoms with Crippen molar-refractivity contribution in [3.63, 3.8) is 0 Å². The lowest BCUT2D eigenvalue weighted by Gasteiger charge is -2.37. The van der Waals surface area contributed by atoms with Crippen molar-refractivity contribution in [2.45, 2.75) is 33.5 Å². The SMILES string of the molecule is CCN(CCN1CCN(c2ccc(C)cc2C)CC1)Cc1cc(-c2ccccc2C(F)(F)F)no1. The van der Waals surface area contributed by atoms with Gasteiger partial charge in [-0.15, -0.1) is 0 Å². The van der Waals surface area contributed by atoms with Crippen molar-refractivity contribution in [3.05, 3.63) is 71.0 Å². The Bertz CT molecular complexity index is 1120. The largest absolute Gasteiger partial charge is 0.417 e. The second kappa shape index (κ2) is 10.8. The maximum atomic E-state index is 13.4. The number of piperazine rings is 1. The molecule has 35 heavy (non-hydrogen) atoms. The standard InChI is InChI=1S/C27H33F3N4O/c1-4-32(11-12-33-13-15-34(16-14-33)26-10-9-20(2)17-21(26)3)19-22-18-25(31-35-22)23-7-5-6-8-24(23)27(28,29)30/h5-10,17-18H,4,11-16,19H2,1-3H3. The van der Waals surface area contributed by atoms with Crippen LogP contribution in [-0.2, 0) is 12.7 Å². The summed E-state index contributed by atoms with van der Waals surface area (Å²) in [5.74, 6) is 0.568. The van der Waals surface area contributed by atoms with Gasteiger partial charge in [-0.2, -0.15) is 13.2 Å². The van der Waals surface area contributed by atoms with Gasteiger partial charge in [-0.1, -0.05) is 48.0 Å². The fourth-order valence-electron chi connectivity index (χ4n) is 4.69. The van der Waals surface area contributed by atoms with Crippen LogP contribution in [-0.4, -0.2) is 60.8 Å². The van der Waals surface area contributed by atoms with Gasteiger partial charge in [-0.05, 0) is 38.1 Å². The minimum absolute atomic E-state index is 0.0414. The van der Waals surface area contributed by atoms with Crippen LogP contribution < -0.4 is 4.90 Å². The molecule has 1 fully saturated rings. The second-order valence-electron chi connectivity index (χ2n) is 9.21. The molecule has 5 nitrogen and oxygen atoms in total. The molecule has 4 rings (SSSR count). The van der Waals surface area contributed by atoms with E-state index >= 15 is 0 Å². The zero-order valence-electron chi connectivity index (χ0n) is 20.6. The van der Waals surface area contributed by atoms with Crippen LogP contribution in [0.3, 0.4) is 0 Å². The maximum Gasteiger partial charge on any atom is 0.417 e. The van der Waals surface area contributed by atoms with Crippen LogP contribution in [0.4, 0.5) is 18.9 Å². The van der Waals surface area contributed by atoms with Gasteiger partial charge in [0.15, 0.2) is 5.76 Å². The first-order valence-corrected chi connectivity index (χ1v) is 12.1. The molecule has 2 heterocycles. The molecule has 0 unspecified atom stereocenters. The average molecular weight is 487 g/mol. The first-order valence-electron chi connectivity index (χ1n) is 12.1. The van der Waals surface area contributed by atoms with E-state index in [1.165, 1.54) is 28.9 Å². The summed E-state index contributed by atoms with van der Waals surface area (Å²) in [5, 5.41) is 3.93. The molecular weight excluding hydrogens is 453 g/mol. The number of aromatic nitrogens is 1. The van der Waals surface area contributed by atoms with Gasteiger partial charge in [-0.25, -0.2) is 0 Å². The number of likely N-dealkylation sites (N-methyl/N-ethyl adjacent to an activating group) is 1. The summed E-state index contributed by atoms with van der Waals surface area (Å²) < 4.78 is 45.5. The smallest absolute Gasteiger partial charge is 0.369 e. The molecule has 1 saturated heterocycles. The number of aryl methyl sites for hydroxylation is 2. The number of benzene rings is 2. The molecule has 0 amide bonds. The van der Waals surface area contributed by atoms with Gasteiger partial charge in [-0.3, -0.25) is 9.80 Å². The molecular formula is C27H33F3N4O. The van der Waals surface area contributed by atoms with Crippen molar-refractivity contribution in [3.8, 4) is 11.3 Å². The van der Waals surface area contributed by atoms with E-state index in [9.17, 15) is 13.2 Å². The molecule has 0 bridgehead atoms. The van der Waals surface area contributed by atoms with Crippen molar-refractivity contribution >= 4 is 5.69 Å². The highest BCUT2D eigenvalue weighted by atomic mass is 19.4. The van der Waals surface area contributed by atoms with E-state index in [2.05, 4.69) is 58.8 Å². The average Bonchev–Trinajstić information content (AvgIpc) is 3.30. The summed E-state index contributed by atoms with van der Waals surface area (Å²) >= 11 is 0. The summed E-state index contributed by atoms with van der Waals surface area (Å²) in [6, 6.07) is 13.7. The Kier molecular flexibility index (Phi) is 7.82. The fraction of sp³-hybridized carbons (Fsp3) is 0.444. The third kappa shape index (κ3) is 6.24. The summed E-state index contributed by atoms with van der Waals surface area (Å²) in [5.41, 5.74) is 3.48. The lowest BCUT2D eigenvalue weighted by Crippen LogP contribution is -2.48. The van der Waals surface area contributed by atoms with E-state index in [0.717, 1.165) is 51.9 Å². The van der Waals surface area contributed by atoms with E-state index in [0.29, 0.717) is 12.3 Å². The predicted octanol–water partition coefficient (Wildman–Crippen LogP) is 5.62. The van der Waals surface area contributed by atoms with E-state index in [-0.39, 0.29) is 11.3 Å². The predicted molar refractivity (Wildman–Crippen MR) is 132 cm³/mol. The molecule has 0 atom stereocenters. The summed E-state index contributed by atoms with van der Waals surface area (Å²) in [6.07, 6.45) is -4.44. The summed E-state index contributed by atoms with van der Waals surface area (Å²) in [6.45, 7) is 13.5. The molecule has 2 aromatic carbocycles. The highest BCUT2D eigenvalue weighted by molar-refractivity contribution is 5.64. The van der Waals surface area contributed by atoms with E-state index in [1.54, 1.807) is 12.1 Å². The minimum atomic E-state index is -4.44. The molecule has 1 aliphatic rings. The first kappa shape index (κ1) is 25.3. The van der Waals surface area contributed by atoms with Gasteiger partial charge in [0, 0.05) is 56.6 Å². The second-order valence-corrected chi connectivity index (χ2v) is 9.21. The third-order valence-corrected chi connectivity index (χ3v) is 6.69. The van der Waals surface area contributed by atoms with Crippen molar-refractivity contribution in [2.75, 3.05) is 50.7 Å². The van der Waals surface area contributed by atoms with Gasteiger partial charge in [0.2, 0.25) is 0 Å². The molecule has 0 N–H and O–H groups in total. The molecule has 188 valence electrons. The molecule has 8 heteroatoms. The maximum absolute atomic E-state index is 13.4. The number of halogens is 3. The number of hydrogen-bond donors (Lipinski definition) is 0. The van der Waals surface area contributed by atoms with Gasteiger partial charge in [0.25, 0.3) is 0 Å². The van der Waals surface area contributed by atoms with Crippen molar-refractivity contribution < 1.29 is 17.7 Å². The molecule has 1 aliphatic heterocycles. The van der Waals surface area contributed by atoms with E-state index in [4.69, 9.17) is 4.52 Å². The Morgan fingerprint density at radius 1 is 1.00 bits per heavy atom. The molecule has 0 radical (unpaired) electrons. The van der Waals surface area contributed by atoms with Gasteiger partial charge in [0.05, 0.1) is 12.1 Å². The fourth-order valence-corrected chi connectivity index (χ4v) is 4.69. The van der Waals surface area contributed by atoms with Crippen molar-refractivity contribution in [1.82, 2.24) is 15.0 Å². The van der Waals surface area contributed by atoms with Gasteiger partial charge in [0.1, 0.15) is 5.69 Å². The zero-order valence-corrected chi connectivity index (χ0v) is 20.6. The number of nitrogens with zero attached hydrogens (tertiary/aromatic N) is 4. The van der Waals surface area contributed by atoms with Crippen molar-refractivity contribution in [2.24, 2.45) is 0 Å². The van der Waals surface area contributed by atoms with Crippen LogP contribution in [0, 0.1) is 13.8 Å². The van der Waals surface area contributed by atoms with Crippen LogP contribution in [0.2, 0.25) is 0 Å². The van der Waals surface area contributed by atoms with Crippen molar-refractivity contribution in [1.29, 1.82) is 0 Å². The minimum Gasteiger partial charge on any atom is -0.369 e. The van der Waals surface area contributed by atoms with Crippen LogP contribution in [0.25, 0.3) is 11.3 Å². The zero-order chi connectivity index (χ0) is 25.0. The number of hydrogen-bond acceptors (Lipinski definition) is 5. The first-order chi connectivity index (χ1) is 16.7. The lowest BCUT2D eigenvalue weighted by molar-refractivity contribution is -0.137. The molecule has 0 aliphatic carbocycles. The van der Waals surface area contributed by atoms with Crippen LogP contribution >= 0.6 is 0 Å². The Hall–Kier alpha value is -2.84. The third-order valence-electron chi connectivity index (χ3n) is 6.69. The lowest BCUT2D eigenvalue weighted by atomic mass is 10.0. The highest BCUT2D eigenvalue weighted by Gasteiger charge is 2.34. The van der Waals surface area contributed by atoms with Crippen LogP contribution in [0.5, 0.6) is 0 Å². The quantitative estimate of drug-likeness (QED) is 0.413. The Morgan fingerprint density at radius 2 is 1.74 bits per heavy atom. The van der Waals surface area contributed by atoms with Gasteiger partial charge >= 0.3 is 6.18 Å². The monoisotopic (exact) mass is 486 g/mol. The molecule has 3 aromatic rings. The summed E-state index contributed by atoms with van der Waals surface area (Å²) in [7, 11) is 0. The molecule has 1 aromatic heterocycles. The number of anilines is 1. The number of rotatable bonds is 8. The Balaban J connectivity index is 1.30. The van der Waals surface area contributed by atoms with E-state index < -0.39 is 11.7 Å². The normalized spacial score (nSPS) is 15.2. The van der Waals surface area contributed by atoms with Crippen LogP contribution in [0.1, 0.15) is 29.4 Å². The Morgan fingerprint density at radius 3 is 2.43 bits per heavy atom.